The standard InChI is InChI=1S/C8H15FO2/c1-8(2,3)7(10)4-5-11-6-9/h4-6H2,1-3H3/i9-1. The van der Waals surface area contributed by atoms with Gasteiger partial charge < -0.3 is 4.74 Å². The molecule has 0 aliphatic heterocycles. The first-order valence-electron chi connectivity index (χ1n) is 3.65. The number of carbonyl (C=O) groups excluding carboxylic acids is 1. The van der Waals surface area contributed by atoms with Gasteiger partial charge in [0.05, 0.1) is 6.61 Å². The fraction of sp³-hybridized carbons (Fsp3) is 0.875. The third-order valence-electron chi connectivity index (χ3n) is 1.39. The van der Waals surface area contributed by atoms with Crippen LogP contribution < -0.4 is 0 Å². The van der Waals surface area contributed by atoms with Crippen molar-refractivity contribution in [1.82, 2.24) is 0 Å². The highest BCUT2D eigenvalue weighted by atomic mass is 18.2. The summed E-state index contributed by atoms with van der Waals surface area (Å²) >= 11 is 0. The van der Waals surface area contributed by atoms with E-state index < -0.39 is 6.86 Å². The smallest absolute Gasteiger partial charge is 0.188 e. The molecule has 0 amide bonds. The van der Waals surface area contributed by atoms with Crippen LogP contribution in [0.5, 0.6) is 0 Å². The average Bonchev–Trinajstić information content (AvgIpc) is 1.86. The second-order valence-corrected chi connectivity index (χ2v) is 3.44. The predicted molar refractivity (Wildman–Crippen MR) is 41.0 cm³/mol. The topological polar surface area (TPSA) is 26.3 Å². The molecule has 0 fully saturated rings. The van der Waals surface area contributed by atoms with Gasteiger partial charge in [0.2, 0.25) is 0 Å². The van der Waals surface area contributed by atoms with Gasteiger partial charge in [0.25, 0.3) is 0 Å². The van der Waals surface area contributed by atoms with Gasteiger partial charge >= 0.3 is 0 Å². The summed E-state index contributed by atoms with van der Waals surface area (Å²) < 4.78 is 15.8. The maximum atomic E-state index is 11.4. The monoisotopic (exact) mass is 161 g/mol. The maximum absolute atomic E-state index is 11.4. The van der Waals surface area contributed by atoms with Crippen LogP contribution >= 0.6 is 0 Å². The Morgan fingerprint density at radius 3 is 2.36 bits per heavy atom. The van der Waals surface area contributed by atoms with E-state index in [-0.39, 0.29) is 17.8 Å². The van der Waals surface area contributed by atoms with Crippen LogP contribution in [-0.4, -0.2) is 19.3 Å². The lowest BCUT2D eigenvalue weighted by molar-refractivity contribution is -0.127. The summed E-state index contributed by atoms with van der Waals surface area (Å²) in [5.41, 5.74) is -0.334. The normalized spacial score (nSPS) is 11.6. The molecule has 2 nitrogen and oxygen atoms in total. The van der Waals surface area contributed by atoms with E-state index in [1.54, 1.807) is 0 Å². The molecule has 11 heavy (non-hydrogen) atoms. The Balaban J connectivity index is 3.54. The van der Waals surface area contributed by atoms with E-state index in [4.69, 9.17) is 0 Å². The van der Waals surface area contributed by atoms with Gasteiger partial charge in [0.1, 0.15) is 5.78 Å². The van der Waals surface area contributed by atoms with Gasteiger partial charge in [-0.1, -0.05) is 20.8 Å². The van der Waals surface area contributed by atoms with Crippen LogP contribution in [-0.2, 0) is 9.53 Å². The molecular formula is C8H15FO2. The molecule has 0 aliphatic rings. The highest BCUT2D eigenvalue weighted by Crippen LogP contribution is 2.16. The summed E-state index contributed by atoms with van der Waals surface area (Å²) in [6.45, 7) is 4.89. The first-order chi connectivity index (χ1) is 4.98. The van der Waals surface area contributed by atoms with Gasteiger partial charge in [-0.3, -0.25) is 4.79 Å². The Kier molecular flexibility index (Phi) is 4.26. The largest absolute Gasteiger partial charge is 0.350 e. The summed E-state index contributed by atoms with van der Waals surface area (Å²) in [6, 6.07) is 0. The van der Waals surface area contributed by atoms with Gasteiger partial charge in [-0.25, -0.2) is 4.39 Å². The van der Waals surface area contributed by atoms with Crippen LogP contribution in [0.25, 0.3) is 0 Å². The lowest BCUT2D eigenvalue weighted by Crippen LogP contribution is -2.21. The van der Waals surface area contributed by atoms with E-state index in [1.165, 1.54) is 0 Å². The minimum Gasteiger partial charge on any atom is -0.350 e. The molecule has 0 radical (unpaired) electrons. The van der Waals surface area contributed by atoms with Crippen LogP contribution in [0.4, 0.5) is 4.39 Å². The van der Waals surface area contributed by atoms with Crippen molar-refractivity contribution in [2.24, 2.45) is 5.41 Å². The molecule has 0 aromatic rings. The van der Waals surface area contributed by atoms with Crippen molar-refractivity contribution >= 4 is 5.78 Å². The Morgan fingerprint density at radius 2 is 2.00 bits per heavy atom. The van der Waals surface area contributed by atoms with Crippen molar-refractivity contribution in [3.63, 3.8) is 0 Å². The molecule has 0 saturated carbocycles. The van der Waals surface area contributed by atoms with E-state index >= 15 is 0 Å². The number of carbonyl (C=O) groups is 1. The van der Waals surface area contributed by atoms with Crippen molar-refractivity contribution in [2.75, 3.05) is 13.5 Å². The van der Waals surface area contributed by atoms with E-state index in [9.17, 15) is 9.18 Å². The minimum absolute atomic E-state index is 0.103. The number of ether oxygens (including phenoxy) is 1. The Morgan fingerprint density at radius 1 is 1.45 bits per heavy atom. The lowest BCUT2D eigenvalue weighted by Gasteiger charge is -2.15. The molecule has 0 atom stereocenters. The van der Waals surface area contributed by atoms with Crippen molar-refractivity contribution in [3.8, 4) is 0 Å². The molecule has 0 heterocycles. The number of hydrogen-bond donors (Lipinski definition) is 0. The molecule has 66 valence electrons. The number of rotatable bonds is 4. The van der Waals surface area contributed by atoms with Gasteiger partial charge in [-0.15, -0.1) is 0 Å². The molecule has 0 aromatic carbocycles. The first-order valence-corrected chi connectivity index (χ1v) is 3.65. The minimum atomic E-state index is -0.808. The Labute approximate surface area is 66.7 Å². The first kappa shape index (κ1) is 10.6. The summed E-state index contributed by atoms with van der Waals surface area (Å²) in [6.07, 6.45) is 0.299. The molecule has 0 rings (SSSR count). The van der Waals surface area contributed by atoms with Crippen LogP contribution in [0.3, 0.4) is 0 Å². The third-order valence-corrected chi connectivity index (χ3v) is 1.39. The second kappa shape index (κ2) is 4.44. The molecule has 0 bridgehead atoms. The highest BCUT2D eigenvalue weighted by Gasteiger charge is 2.20. The molecular weight excluding hydrogens is 146 g/mol. The molecule has 0 aromatic heterocycles. The zero-order chi connectivity index (χ0) is 8.91. The molecule has 0 spiro atoms. The SMILES string of the molecule is CC(C)(C)C(=O)CCOC[18F]. The van der Waals surface area contributed by atoms with Crippen molar-refractivity contribution in [3.05, 3.63) is 0 Å². The van der Waals surface area contributed by atoms with E-state index in [0.717, 1.165) is 0 Å². The average molecular weight is 161 g/mol. The van der Waals surface area contributed by atoms with Gasteiger partial charge in [0.15, 0.2) is 6.86 Å². The zero-order valence-corrected chi connectivity index (χ0v) is 7.32. The van der Waals surface area contributed by atoms with E-state index in [0.29, 0.717) is 6.42 Å². The van der Waals surface area contributed by atoms with Crippen LogP contribution in [0.2, 0.25) is 0 Å². The fourth-order valence-electron chi connectivity index (χ4n) is 0.594. The van der Waals surface area contributed by atoms with E-state index in [1.807, 2.05) is 20.8 Å². The van der Waals surface area contributed by atoms with Crippen molar-refractivity contribution in [2.45, 2.75) is 27.2 Å². The van der Waals surface area contributed by atoms with Gasteiger partial charge in [-0.2, -0.15) is 0 Å². The summed E-state index contributed by atoms with van der Waals surface area (Å²) in [7, 11) is 0. The fourth-order valence-corrected chi connectivity index (χ4v) is 0.594. The highest BCUT2D eigenvalue weighted by molar-refractivity contribution is 5.83. The number of Topliss-reactive ketones (excluding diaryl/α,β-unsaturated/α-hetero) is 1. The molecule has 0 aliphatic carbocycles. The lowest BCUT2D eigenvalue weighted by atomic mass is 9.89. The summed E-state index contributed by atoms with van der Waals surface area (Å²) in [4.78, 5) is 11.1. The van der Waals surface area contributed by atoms with E-state index in [2.05, 4.69) is 4.74 Å². The second-order valence-electron chi connectivity index (χ2n) is 3.44. The van der Waals surface area contributed by atoms with Crippen LogP contribution in [0.15, 0.2) is 0 Å². The van der Waals surface area contributed by atoms with Crippen LogP contribution in [0, 0.1) is 5.41 Å². The summed E-state index contributed by atoms with van der Waals surface area (Å²) in [5, 5.41) is 0. The predicted octanol–water partition coefficient (Wildman–Crippen LogP) is 1.94. The molecule has 3 heteroatoms. The number of hydrogen-bond acceptors (Lipinski definition) is 2. The van der Waals surface area contributed by atoms with Crippen molar-refractivity contribution < 1.29 is 13.9 Å². The zero-order valence-electron chi connectivity index (χ0n) is 7.32. The Bertz CT molecular complexity index is 127. The number of halogens is 1. The quantitative estimate of drug-likeness (QED) is 0.589. The number of ketones is 1. The Hall–Kier alpha value is -0.440. The van der Waals surface area contributed by atoms with Gasteiger partial charge in [-0.05, 0) is 0 Å². The molecule has 0 N–H and O–H groups in total. The molecule has 0 saturated heterocycles. The third kappa shape index (κ3) is 4.90. The van der Waals surface area contributed by atoms with Crippen molar-refractivity contribution in [1.29, 1.82) is 0 Å². The molecule has 0 unspecified atom stereocenters. The van der Waals surface area contributed by atoms with Crippen LogP contribution in [0.1, 0.15) is 27.2 Å². The summed E-state index contributed by atoms with van der Waals surface area (Å²) in [5.74, 6) is 0.103. The maximum Gasteiger partial charge on any atom is 0.188 e. The van der Waals surface area contributed by atoms with Gasteiger partial charge in [0, 0.05) is 11.8 Å². The number of alkyl halides is 1.